The van der Waals surface area contributed by atoms with Crippen molar-refractivity contribution >= 4 is 10.8 Å². The van der Waals surface area contributed by atoms with Crippen LogP contribution in [0, 0.1) is 0 Å². The van der Waals surface area contributed by atoms with Crippen molar-refractivity contribution in [3.63, 3.8) is 0 Å². The summed E-state index contributed by atoms with van der Waals surface area (Å²) in [6.07, 6.45) is 2.28. The molecule has 0 radical (unpaired) electrons. The Bertz CT molecular complexity index is 528. The van der Waals surface area contributed by atoms with Gasteiger partial charge in [0.15, 0.2) is 0 Å². The topological polar surface area (TPSA) is 20.2 Å². The van der Waals surface area contributed by atoms with Crippen molar-refractivity contribution < 1.29 is 5.11 Å². The maximum atomic E-state index is 9.62. The second-order valence-electron chi connectivity index (χ2n) is 4.49. The van der Waals surface area contributed by atoms with E-state index < -0.39 is 0 Å². The van der Waals surface area contributed by atoms with Gasteiger partial charge in [-0.15, -0.1) is 0 Å². The van der Waals surface area contributed by atoms with Gasteiger partial charge >= 0.3 is 0 Å². The van der Waals surface area contributed by atoms with Gasteiger partial charge in [0, 0.05) is 0 Å². The maximum absolute atomic E-state index is 9.62. The number of aromatic hydroxyl groups is 1. The summed E-state index contributed by atoms with van der Waals surface area (Å²) in [5.41, 5.74) is 2.74. The van der Waals surface area contributed by atoms with Crippen LogP contribution in [0.3, 0.4) is 0 Å². The molecule has 0 bridgehead atoms. The largest absolute Gasteiger partial charge is 0.508 e. The van der Waals surface area contributed by atoms with Crippen LogP contribution in [-0.2, 0) is 6.42 Å². The molecule has 1 heteroatoms. The maximum Gasteiger partial charge on any atom is 0.116 e. The molecule has 1 nitrogen and oxygen atoms in total. The third-order valence-corrected chi connectivity index (χ3v) is 3.45. The van der Waals surface area contributed by atoms with E-state index in [2.05, 4.69) is 25.1 Å². The van der Waals surface area contributed by atoms with Crippen LogP contribution in [0.4, 0.5) is 0 Å². The van der Waals surface area contributed by atoms with Crippen LogP contribution >= 0.6 is 0 Å². The Morgan fingerprint density at radius 3 is 3.00 bits per heavy atom. The lowest BCUT2D eigenvalue weighted by Gasteiger charge is -2.22. The average molecular weight is 198 g/mol. The van der Waals surface area contributed by atoms with Crippen molar-refractivity contribution in [2.75, 3.05) is 0 Å². The summed E-state index contributed by atoms with van der Waals surface area (Å²) in [5.74, 6) is 1.04. The van der Waals surface area contributed by atoms with E-state index in [0.29, 0.717) is 11.7 Å². The van der Waals surface area contributed by atoms with Crippen molar-refractivity contribution in [1.82, 2.24) is 0 Å². The average Bonchev–Trinajstić information content (AvgIpc) is 2.23. The fourth-order valence-electron chi connectivity index (χ4n) is 2.67. The number of phenolic OH excluding ortho intramolecular Hbond substituents is 1. The third-order valence-electron chi connectivity index (χ3n) is 3.45. The molecule has 76 valence electrons. The highest BCUT2D eigenvalue weighted by Crippen LogP contribution is 2.38. The van der Waals surface area contributed by atoms with E-state index in [4.69, 9.17) is 0 Å². The summed E-state index contributed by atoms with van der Waals surface area (Å²) in [6, 6.07) is 10.2. The Hall–Kier alpha value is -1.50. The summed E-state index contributed by atoms with van der Waals surface area (Å²) in [4.78, 5) is 0. The van der Waals surface area contributed by atoms with Gasteiger partial charge in [0.2, 0.25) is 0 Å². The highest BCUT2D eigenvalue weighted by molar-refractivity contribution is 5.91. The Kier molecular flexibility index (Phi) is 1.75. The molecule has 2 aromatic carbocycles. The van der Waals surface area contributed by atoms with Crippen molar-refractivity contribution in [1.29, 1.82) is 0 Å². The molecular formula is C14H14O. The fraction of sp³-hybridized carbons (Fsp3) is 0.286. The third kappa shape index (κ3) is 1.23. The van der Waals surface area contributed by atoms with Crippen molar-refractivity contribution in [2.24, 2.45) is 0 Å². The highest BCUT2D eigenvalue weighted by Gasteiger charge is 2.18. The van der Waals surface area contributed by atoms with E-state index in [1.54, 1.807) is 0 Å². The Morgan fingerprint density at radius 2 is 2.13 bits per heavy atom. The number of hydrogen-bond acceptors (Lipinski definition) is 1. The van der Waals surface area contributed by atoms with Crippen molar-refractivity contribution in [2.45, 2.75) is 25.7 Å². The van der Waals surface area contributed by atoms with Gasteiger partial charge in [-0.25, -0.2) is 0 Å². The normalized spacial score (nSPS) is 19.4. The van der Waals surface area contributed by atoms with Gasteiger partial charge in [0.25, 0.3) is 0 Å². The Balaban J connectivity index is 2.45. The summed E-state index contributed by atoms with van der Waals surface area (Å²) in [5, 5.41) is 12.2. The molecule has 0 spiro atoms. The zero-order valence-corrected chi connectivity index (χ0v) is 8.83. The van der Waals surface area contributed by atoms with Gasteiger partial charge in [0.05, 0.1) is 0 Å². The van der Waals surface area contributed by atoms with E-state index in [0.717, 1.165) is 6.42 Å². The molecule has 0 saturated heterocycles. The van der Waals surface area contributed by atoms with Crippen molar-refractivity contribution in [3.05, 3.63) is 41.5 Å². The molecule has 0 fully saturated rings. The molecule has 0 aliphatic heterocycles. The summed E-state index contributed by atoms with van der Waals surface area (Å²) >= 11 is 0. The monoisotopic (exact) mass is 198 g/mol. The Morgan fingerprint density at radius 1 is 1.27 bits per heavy atom. The van der Waals surface area contributed by atoms with Crippen LogP contribution in [0.5, 0.6) is 5.75 Å². The second kappa shape index (κ2) is 2.99. The first-order valence-corrected chi connectivity index (χ1v) is 5.50. The molecule has 15 heavy (non-hydrogen) atoms. The first-order valence-electron chi connectivity index (χ1n) is 5.50. The predicted octanol–water partition coefficient (Wildman–Crippen LogP) is 3.60. The summed E-state index contributed by atoms with van der Waals surface area (Å²) in [6.45, 7) is 2.28. The molecule has 1 aliphatic rings. The second-order valence-corrected chi connectivity index (χ2v) is 4.49. The molecule has 1 unspecified atom stereocenters. The van der Waals surface area contributed by atoms with E-state index in [1.807, 2.05) is 12.1 Å². The van der Waals surface area contributed by atoms with E-state index >= 15 is 0 Å². The number of rotatable bonds is 0. The van der Waals surface area contributed by atoms with Gasteiger partial charge < -0.3 is 5.11 Å². The first-order chi connectivity index (χ1) is 7.25. The standard InChI is InChI=1S/C14H14O/c1-9-5-6-11-8-12(15)7-10-3-2-4-13(9)14(10)11/h2-4,7-9,15H,5-6H2,1H3. The Labute approximate surface area is 89.4 Å². The molecule has 2 aromatic rings. The number of hydrogen-bond donors (Lipinski definition) is 1. The lowest BCUT2D eigenvalue weighted by Crippen LogP contribution is -2.05. The molecular weight excluding hydrogens is 184 g/mol. The molecule has 1 aliphatic carbocycles. The summed E-state index contributed by atoms with van der Waals surface area (Å²) < 4.78 is 0. The number of benzene rings is 2. The zero-order chi connectivity index (χ0) is 10.4. The molecule has 0 heterocycles. The van der Waals surface area contributed by atoms with Crippen LogP contribution in [0.15, 0.2) is 30.3 Å². The van der Waals surface area contributed by atoms with Gasteiger partial charge in [0.1, 0.15) is 5.75 Å². The highest BCUT2D eigenvalue weighted by atomic mass is 16.3. The number of phenols is 1. The molecule has 0 aromatic heterocycles. The van der Waals surface area contributed by atoms with Gasteiger partial charge in [-0.3, -0.25) is 0 Å². The summed E-state index contributed by atoms with van der Waals surface area (Å²) in [7, 11) is 0. The van der Waals surface area contributed by atoms with Crippen LogP contribution in [0.25, 0.3) is 10.8 Å². The first kappa shape index (κ1) is 8.78. The SMILES string of the molecule is CC1CCc2cc(O)cc3cccc1c23. The molecule has 1 N–H and O–H groups in total. The van der Waals surface area contributed by atoms with Crippen LogP contribution in [0.2, 0.25) is 0 Å². The quantitative estimate of drug-likeness (QED) is 0.685. The van der Waals surface area contributed by atoms with E-state index in [9.17, 15) is 5.11 Å². The van der Waals surface area contributed by atoms with Gasteiger partial charge in [-0.05, 0) is 52.8 Å². The smallest absolute Gasteiger partial charge is 0.116 e. The van der Waals surface area contributed by atoms with E-state index in [1.165, 1.54) is 28.3 Å². The predicted molar refractivity (Wildman–Crippen MR) is 62.3 cm³/mol. The van der Waals surface area contributed by atoms with Crippen LogP contribution in [-0.4, -0.2) is 5.11 Å². The molecule has 0 amide bonds. The molecule has 3 rings (SSSR count). The lowest BCUT2D eigenvalue weighted by atomic mass is 9.82. The van der Waals surface area contributed by atoms with Crippen LogP contribution in [0.1, 0.15) is 30.4 Å². The van der Waals surface area contributed by atoms with Crippen molar-refractivity contribution in [3.8, 4) is 5.75 Å². The van der Waals surface area contributed by atoms with E-state index in [-0.39, 0.29) is 0 Å². The molecule has 1 atom stereocenters. The van der Waals surface area contributed by atoms with Gasteiger partial charge in [-0.2, -0.15) is 0 Å². The lowest BCUT2D eigenvalue weighted by molar-refractivity contribution is 0.475. The fourth-order valence-corrected chi connectivity index (χ4v) is 2.67. The number of aryl methyl sites for hydroxylation is 1. The minimum atomic E-state index is 0.393. The van der Waals surface area contributed by atoms with Crippen LogP contribution < -0.4 is 0 Å². The molecule has 0 saturated carbocycles. The zero-order valence-electron chi connectivity index (χ0n) is 8.83. The van der Waals surface area contributed by atoms with Gasteiger partial charge in [-0.1, -0.05) is 25.1 Å². The minimum absolute atomic E-state index is 0.393. The minimum Gasteiger partial charge on any atom is -0.508 e.